The van der Waals surface area contributed by atoms with E-state index in [0.29, 0.717) is 17.4 Å². The number of aliphatic hydroxyl groups is 1. The molecule has 2 saturated carbocycles. The molecular formula is C26H37F2N3O2. The number of carbonyl (C=O) groups is 1. The van der Waals surface area contributed by atoms with Crippen molar-refractivity contribution in [3.05, 3.63) is 59.3 Å². The molecule has 0 saturated heterocycles. The molecule has 1 amide bonds. The number of halogens is 2. The third kappa shape index (κ3) is 6.21. The van der Waals surface area contributed by atoms with Crippen molar-refractivity contribution < 1.29 is 18.7 Å². The molecule has 2 aliphatic carbocycles. The van der Waals surface area contributed by atoms with Crippen LogP contribution in [0.4, 0.5) is 8.78 Å². The summed E-state index contributed by atoms with van der Waals surface area (Å²) in [7, 11) is 2.06. The zero-order chi connectivity index (χ0) is 24.2. The van der Waals surface area contributed by atoms with E-state index >= 15 is 0 Å². The van der Waals surface area contributed by atoms with Crippen molar-refractivity contribution in [2.75, 3.05) is 13.6 Å². The van der Waals surface area contributed by atoms with Crippen LogP contribution >= 0.6 is 0 Å². The van der Waals surface area contributed by atoms with E-state index in [1.807, 2.05) is 6.08 Å². The second-order valence-corrected chi connectivity index (χ2v) is 9.76. The molecular weight excluding hydrogens is 424 g/mol. The molecule has 3 N–H and O–H groups in total. The fourth-order valence-electron chi connectivity index (χ4n) is 5.43. The van der Waals surface area contributed by atoms with E-state index in [4.69, 9.17) is 0 Å². The van der Waals surface area contributed by atoms with E-state index in [2.05, 4.69) is 48.7 Å². The summed E-state index contributed by atoms with van der Waals surface area (Å²) in [6.07, 6.45) is 10.1. The second kappa shape index (κ2) is 10.8. The van der Waals surface area contributed by atoms with Gasteiger partial charge in [0.05, 0.1) is 17.8 Å². The van der Waals surface area contributed by atoms with Crippen molar-refractivity contribution in [3.63, 3.8) is 0 Å². The maximum atomic E-state index is 13.6. The highest BCUT2D eigenvalue weighted by molar-refractivity contribution is 5.73. The smallest absolute Gasteiger partial charge is 0.217 e. The van der Waals surface area contributed by atoms with Crippen LogP contribution < -0.4 is 10.6 Å². The predicted molar refractivity (Wildman–Crippen MR) is 126 cm³/mol. The van der Waals surface area contributed by atoms with Crippen LogP contribution in [0.15, 0.2) is 42.1 Å². The van der Waals surface area contributed by atoms with E-state index in [9.17, 15) is 18.7 Å². The molecule has 0 aliphatic heterocycles. The van der Waals surface area contributed by atoms with E-state index in [-0.39, 0.29) is 24.5 Å². The molecule has 0 bridgehead atoms. The topological polar surface area (TPSA) is 64.6 Å². The van der Waals surface area contributed by atoms with Gasteiger partial charge in [0.15, 0.2) is 0 Å². The number of allylic oxidation sites excluding steroid dienone is 3. The Balaban J connectivity index is 1.73. The van der Waals surface area contributed by atoms with Crippen LogP contribution in [0.1, 0.15) is 52.0 Å². The van der Waals surface area contributed by atoms with Crippen molar-refractivity contribution in [1.29, 1.82) is 0 Å². The van der Waals surface area contributed by atoms with Crippen LogP contribution in [-0.2, 0) is 11.2 Å². The van der Waals surface area contributed by atoms with Gasteiger partial charge in [0.25, 0.3) is 0 Å². The molecule has 4 unspecified atom stereocenters. The van der Waals surface area contributed by atoms with Crippen LogP contribution in [0, 0.1) is 23.5 Å². The molecule has 4 atom stereocenters. The number of aliphatic hydroxyl groups excluding tert-OH is 1. The van der Waals surface area contributed by atoms with E-state index < -0.39 is 23.8 Å². The van der Waals surface area contributed by atoms with Crippen LogP contribution in [0.2, 0.25) is 0 Å². The standard InChI is InChI=1S/C26H37F2N3O2/c1-17(2)8-7-11-31(4)26(22-9-5-6-10-23(22)26)29-16-25(33)24(30-18(3)32)14-19-12-20(27)15-21(28)13-19/h7-8,11-13,15,22-25,29,33H,5-6,9-10,14,16H2,1-4H3,(H,30,32)/b11-7-. The summed E-state index contributed by atoms with van der Waals surface area (Å²) in [6, 6.07) is 2.61. The molecule has 2 aliphatic rings. The highest BCUT2D eigenvalue weighted by Gasteiger charge is 2.66. The lowest BCUT2D eigenvalue weighted by Gasteiger charge is -2.33. The van der Waals surface area contributed by atoms with Crippen LogP contribution in [0.5, 0.6) is 0 Å². The normalized spacial score (nSPS) is 25.8. The van der Waals surface area contributed by atoms with Crippen molar-refractivity contribution in [1.82, 2.24) is 15.5 Å². The van der Waals surface area contributed by atoms with Gasteiger partial charge in [-0.1, -0.05) is 24.5 Å². The number of amides is 1. The minimum atomic E-state index is -0.921. The lowest BCUT2D eigenvalue weighted by atomic mass is 10.0. The van der Waals surface area contributed by atoms with Crippen LogP contribution in [-0.4, -0.2) is 47.3 Å². The Morgan fingerprint density at radius 2 is 1.79 bits per heavy atom. The molecule has 5 nitrogen and oxygen atoms in total. The lowest BCUT2D eigenvalue weighted by Crippen LogP contribution is -2.54. The Bertz CT molecular complexity index is 865. The van der Waals surface area contributed by atoms with Gasteiger partial charge in [-0.15, -0.1) is 0 Å². The third-order valence-electron chi connectivity index (χ3n) is 6.94. The molecule has 33 heavy (non-hydrogen) atoms. The SMILES string of the molecule is CC(=O)NC(Cc1cc(F)cc(F)c1)C(O)CNC1(N(C)/C=C\C=C(C)C)C2CCCCC21. The molecule has 0 aromatic heterocycles. The largest absolute Gasteiger partial charge is 0.390 e. The fraction of sp³-hybridized carbons (Fsp3) is 0.577. The summed E-state index contributed by atoms with van der Waals surface area (Å²) in [5, 5.41) is 17.4. The summed E-state index contributed by atoms with van der Waals surface area (Å²) < 4.78 is 27.3. The molecule has 182 valence electrons. The van der Waals surface area contributed by atoms with Crippen LogP contribution in [0.3, 0.4) is 0 Å². The van der Waals surface area contributed by atoms with Crippen LogP contribution in [0.25, 0.3) is 0 Å². The summed E-state index contributed by atoms with van der Waals surface area (Å²) in [6.45, 7) is 5.74. The highest BCUT2D eigenvalue weighted by atomic mass is 19.1. The van der Waals surface area contributed by atoms with Gasteiger partial charge in [-0.05, 0) is 56.9 Å². The number of benzene rings is 1. The van der Waals surface area contributed by atoms with Gasteiger partial charge in [-0.25, -0.2) is 8.78 Å². The monoisotopic (exact) mass is 461 g/mol. The van der Waals surface area contributed by atoms with Gasteiger partial charge in [0, 0.05) is 44.6 Å². The first-order valence-electron chi connectivity index (χ1n) is 11.8. The van der Waals surface area contributed by atoms with Gasteiger partial charge >= 0.3 is 0 Å². The van der Waals surface area contributed by atoms with Crippen molar-refractivity contribution in [2.24, 2.45) is 11.8 Å². The Labute approximate surface area is 195 Å². The first kappa shape index (κ1) is 25.4. The first-order valence-corrected chi connectivity index (χ1v) is 11.8. The summed E-state index contributed by atoms with van der Waals surface area (Å²) in [4.78, 5) is 14.0. The van der Waals surface area contributed by atoms with Gasteiger partial charge in [0.2, 0.25) is 5.91 Å². The first-order chi connectivity index (χ1) is 15.6. The molecule has 0 spiro atoms. The number of nitrogens with zero attached hydrogens (tertiary/aromatic N) is 1. The minimum absolute atomic E-state index is 0.132. The van der Waals surface area contributed by atoms with Gasteiger partial charge in [-0.2, -0.15) is 0 Å². The number of hydrogen-bond donors (Lipinski definition) is 3. The number of nitrogens with one attached hydrogen (secondary N) is 2. The Kier molecular flexibility index (Phi) is 8.29. The van der Waals surface area contributed by atoms with Gasteiger partial charge in [-0.3, -0.25) is 10.1 Å². The van der Waals surface area contributed by atoms with Gasteiger partial charge in [0.1, 0.15) is 11.6 Å². The molecule has 3 rings (SSSR count). The lowest BCUT2D eigenvalue weighted by molar-refractivity contribution is -0.120. The minimum Gasteiger partial charge on any atom is -0.390 e. The number of carbonyl (C=O) groups excluding carboxylic acids is 1. The molecule has 1 aromatic rings. The maximum Gasteiger partial charge on any atom is 0.217 e. The molecule has 0 heterocycles. The van der Waals surface area contributed by atoms with E-state index in [1.165, 1.54) is 37.5 Å². The predicted octanol–water partition coefficient (Wildman–Crippen LogP) is 3.89. The second-order valence-electron chi connectivity index (χ2n) is 9.76. The Hall–Kier alpha value is -2.25. The quantitative estimate of drug-likeness (QED) is 0.365. The van der Waals surface area contributed by atoms with E-state index in [0.717, 1.165) is 18.9 Å². The summed E-state index contributed by atoms with van der Waals surface area (Å²) in [5.74, 6) is -0.630. The summed E-state index contributed by atoms with van der Waals surface area (Å²) >= 11 is 0. The molecule has 1 aromatic carbocycles. The van der Waals surface area contributed by atoms with E-state index in [1.54, 1.807) is 0 Å². The maximum absolute atomic E-state index is 13.6. The number of fused-ring (bicyclic) bond motifs is 1. The molecule has 2 fully saturated rings. The highest BCUT2D eigenvalue weighted by Crippen LogP contribution is 2.60. The average Bonchev–Trinajstić information content (AvgIpc) is 3.39. The summed E-state index contributed by atoms with van der Waals surface area (Å²) in [5.41, 5.74) is 1.38. The van der Waals surface area contributed by atoms with Crippen molar-refractivity contribution in [2.45, 2.75) is 70.7 Å². The zero-order valence-corrected chi connectivity index (χ0v) is 20.1. The Morgan fingerprint density at radius 1 is 1.18 bits per heavy atom. The average molecular weight is 462 g/mol. The number of hydrogen-bond acceptors (Lipinski definition) is 4. The van der Waals surface area contributed by atoms with Gasteiger partial charge < -0.3 is 15.3 Å². The van der Waals surface area contributed by atoms with Crippen molar-refractivity contribution >= 4 is 5.91 Å². The number of rotatable bonds is 10. The zero-order valence-electron chi connectivity index (χ0n) is 20.1. The van der Waals surface area contributed by atoms with Crippen molar-refractivity contribution in [3.8, 4) is 0 Å². The fourth-order valence-corrected chi connectivity index (χ4v) is 5.43. The Morgan fingerprint density at radius 3 is 2.33 bits per heavy atom. The molecule has 0 radical (unpaired) electrons. The molecule has 7 heteroatoms. The third-order valence-corrected chi connectivity index (χ3v) is 6.94.